The van der Waals surface area contributed by atoms with Crippen LogP contribution in [0.25, 0.3) is 0 Å². The first kappa shape index (κ1) is 15.3. The second kappa shape index (κ2) is 5.69. The Morgan fingerprint density at radius 1 is 1.15 bits per heavy atom. The number of pyridine rings is 1. The first-order chi connectivity index (χ1) is 9.29. The van der Waals surface area contributed by atoms with Gasteiger partial charge in [-0.25, -0.2) is 13.4 Å². The van der Waals surface area contributed by atoms with E-state index in [2.05, 4.69) is 10.3 Å². The maximum atomic E-state index is 12.4. The number of rotatable bonds is 3. The molecule has 0 spiro atoms. The van der Waals surface area contributed by atoms with Crippen molar-refractivity contribution in [2.75, 3.05) is 18.4 Å². The third kappa shape index (κ3) is 3.70. The molecule has 0 radical (unpaired) electrons. The summed E-state index contributed by atoms with van der Waals surface area (Å²) in [5.74, 6) is 0.690. The average Bonchev–Trinajstić information content (AvgIpc) is 2.38. The van der Waals surface area contributed by atoms with E-state index in [0.717, 1.165) is 19.3 Å². The van der Waals surface area contributed by atoms with Gasteiger partial charge in [0.25, 0.3) is 0 Å². The third-order valence-corrected chi connectivity index (χ3v) is 5.07. The van der Waals surface area contributed by atoms with Gasteiger partial charge in [0.2, 0.25) is 10.0 Å². The molecule has 0 saturated carbocycles. The number of sulfonamides is 1. The smallest absolute Gasteiger partial charge is 0.244 e. The molecule has 0 amide bonds. The van der Waals surface area contributed by atoms with Crippen LogP contribution in [-0.4, -0.2) is 36.3 Å². The minimum atomic E-state index is -3.38. The highest BCUT2D eigenvalue weighted by Gasteiger charge is 2.26. The quantitative estimate of drug-likeness (QED) is 0.931. The summed E-state index contributed by atoms with van der Waals surface area (Å²) >= 11 is 0. The fraction of sp³-hybridized carbons (Fsp3) is 0.643. The SMILES string of the molecule is CC(C)(C)Nc1ccc(S(=O)(=O)N2CCCCC2)cn1. The van der Waals surface area contributed by atoms with Gasteiger partial charge in [0.15, 0.2) is 0 Å². The lowest BCUT2D eigenvalue weighted by Gasteiger charge is -2.26. The lowest BCUT2D eigenvalue weighted by molar-refractivity contribution is 0.346. The van der Waals surface area contributed by atoms with Gasteiger partial charge in [-0.1, -0.05) is 6.42 Å². The number of piperidine rings is 1. The number of aromatic nitrogens is 1. The minimum Gasteiger partial charge on any atom is -0.365 e. The van der Waals surface area contributed by atoms with Crippen LogP contribution < -0.4 is 5.32 Å². The van der Waals surface area contributed by atoms with Gasteiger partial charge in [-0.3, -0.25) is 0 Å². The second-order valence-corrected chi connectivity index (χ2v) is 8.16. The van der Waals surface area contributed by atoms with Crippen LogP contribution in [0.2, 0.25) is 0 Å². The Balaban J connectivity index is 2.16. The monoisotopic (exact) mass is 297 g/mol. The van der Waals surface area contributed by atoms with Gasteiger partial charge >= 0.3 is 0 Å². The molecule has 0 bridgehead atoms. The Bertz CT molecular complexity index is 541. The van der Waals surface area contributed by atoms with Crippen molar-refractivity contribution in [1.82, 2.24) is 9.29 Å². The maximum absolute atomic E-state index is 12.4. The van der Waals surface area contributed by atoms with E-state index in [1.54, 1.807) is 16.4 Å². The van der Waals surface area contributed by atoms with Crippen molar-refractivity contribution in [3.63, 3.8) is 0 Å². The van der Waals surface area contributed by atoms with Crippen molar-refractivity contribution in [3.05, 3.63) is 18.3 Å². The van der Waals surface area contributed by atoms with E-state index < -0.39 is 10.0 Å². The maximum Gasteiger partial charge on any atom is 0.244 e. The molecule has 0 atom stereocenters. The Kier molecular flexibility index (Phi) is 4.34. The summed E-state index contributed by atoms with van der Waals surface area (Å²) in [7, 11) is -3.38. The molecule has 1 fully saturated rings. The Labute approximate surface area is 121 Å². The molecular weight excluding hydrogens is 274 g/mol. The largest absolute Gasteiger partial charge is 0.365 e. The topological polar surface area (TPSA) is 62.3 Å². The van der Waals surface area contributed by atoms with E-state index in [-0.39, 0.29) is 10.4 Å². The molecule has 1 aliphatic heterocycles. The van der Waals surface area contributed by atoms with Crippen LogP contribution in [0.3, 0.4) is 0 Å². The molecule has 5 nitrogen and oxygen atoms in total. The molecule has 2 heterocycles. The summed E-state index contributed by atoms with van der Waals surface area (Å²) in [6.45, 7) is 7.34. The van der Waals surface area contributed by atoms with Crippen molar-refractivity contribution in [3.8, 4) is 0 Å². The summed E-state index contributed by atoms with van der Waals surface area (Å²) in [6.07, 6.45) is 4.43. The molecular formula is C14H23N3O2S. The first-order valence-electron chi connectivity index (χ1n) is 7.03. The summed E-state index contributed by atoms with van der Waals surface area (Å²) in [6, 6.07) is 3.35. The molecule has 2 rings (SSSR count). The van der Waals surface area contributed by atoms with E-state index in [9.17, 15) is 8.42 Å². The molecule has 1 saturated heterocycles. The normalized spacial score (nSPS) is 17.9. The first-order valence-corrected chi connectivity index (χ1v) is 8.47. The molecule has 1 aromatic rings. The zero-order chi connectivity index (χ0) is 14.8. The predicted octanol–water partition coefficient (Wildman–Crippen LogP) is 2.47. The number of nitrogens with zero attached hydrogens (tertiary/aromatic N) is 2. The standard InChI is InChI=1S/C14H23N3O2S/c1-14(2,3)16-13-8-7-12(11-15-13)20(18,19)17-9-5-4-6-10-17/h7-8,11H,4-6,9-10H2,1-3H3,(H,15,16). The molecule has 0 unspecified atom stereocenters. The number of nitrogens with one attached hydrogen (secondary N) is 1. The molecule has 0 aromatic carbocycles. The number of hydrogen-bond donors (Lipinski definition) is 1. The van der Waals surface area contributed by atoms with Gasteiger partial charge in [0, 0.05) is 24.8 Å². The Morgan fingerprint density at radius 3 is 2.30 bits per heavy atom. The fourth-order valence-electron chi connectivity index (χ4n) is 2.25. The molecule has 1 aliphatic rings. The van der Waals surface area contributed by atoms with Crippen LogP contribution in [0, 0.1) is 0 Å². The number of anilines is 1. The van der Waals surface area contributed by atoms with Crippen molar-refractivity contribution >= 4 is 15.8 Å². The molecule has 20 heavy (non-hydrogen) atoms. The van der Waals surface area contributed by atoms with Gasteiger partial charge in [0.1, 0.15) is 10.7 Å². The van der Waals surface area contributed by atoms with Crippen LogP contribution in [0.1, 0.15) is 40.0 Å². The minimum absolute atomic E-state index is 0.0970. The zero-order valence-electron chi connectivity index (χ0n) is 12.4. The van der Waals surface area contributed by atoms with Gasteiger partial charge in [-0.05, 0) is 45.7 Å². The molecule has 1 N–H and O–H groups in total. The van der Waals surface area contributed by atoms with Gasteiger partial charge in [-0.15, -0.1) is 0 Å². The van der Waals surface area contributed by atoms with Gasteiger partial charge < -0.3 is 5.32 Å². The third-order valence-electron chi connectivity index (χ3n) is 3.19. The van der Waals surface area contributed by atoms with Crippen LogP contribution in [-0.2, 0) is 10.0 Å². The van der Waals surface area contributed by atoms with Crippen LogP contribution >= 0.6 is 0 Å². The van der Waals surface area contributed by atoms with E-state index in [0.29, 0.717) is 18.9 Å². The Hall–Kier alpha value is -1.14. The lowest BCUT2D eigenvalue weighted by atomic mass is 10.1. The van der Waals surface area contributed by atoms with Crippen molar-refractivity contribution < 1.29 is 8.42 Å². The van der Waals surface area contributed by atoms with Crippen LogP contribution in [0.15, 0.2) is 23.2 Å². The van der Waals surface area contributed by atoms with Crippen molar-refractivity contribution in [1.29, 1.82) is 0 Å². The highest BCUT2D eigenvalue weighted by Crippen LogP contribution is 2.21. The van der Waals surface area contributed by atoms with Crippen molar-refractivity contribution in [2.45, 2.75) is 50.5 Å². The van der Waals surface area contributed by atoms with E-state index in [1.165, 1.54) is 6.20 Å². The zero-order valence-corrected chi connectivity index (χ0v) is 13.2. The van der Waals surface area contributed by atoms with E-state index in [4.69, 9.17) is 0 Å². The molecule has 0 aliphatic carbocycles. The van der Waals surface area contributed by atoms with E-state index >= 15 is 0 Å². The summed E-state index contributed by atoms with van der Waals surface area (Å²) in [4.78, 5) is 4.48. The highest BCUT2D eigenvalue weighted by atomic mass is 32.2. The Morgan fingerprint density at radius 2 is 1.80 bits per heavy atom. The lowest BCUT2D eigenvalue weighted by Crippen LogP contribution is -2.35. The van der Waals surface area contributed by atoms with Gasteiger partial charge in [-0.2, -0.15) is 4.31 Å². The average molecular weight is 297 g/mol. The van der Waals surface area contributed by atoms with E-state index in [1.807, 2.05) is 20.8 Å². The van der Waals surface area contributed by atoms with Crippen LogP contribution in [0.5, 0.6) is 0 Å². The summed E-state index contributed by atoms with van der Waals surface area (Å²) in [5.41, 5.74) is -0.0970. The second-order valence-electron chi connectivity index (χ2n) is 6.22. The molecule has 6 heteroatoms. The van der Waals surface area contributed by atoms with Gasteiger partial charge in [0.05, 0.1) is 0 Å². The summed E-state index contributed by atoms with van der Waals surface area (Å²) in [5, 5.41) is 3.22. The number of hydrogen-bond acceptors (Lipinski definition) is 4. The molecule has 1 aromatic heterocycles. The fourth-order valence-corrected chi connectivity index (χ4v) is 3.71. The van der Waals surface area contributed by atoms with Crippen LogP contribution in [0.4, 0.5) is 5.82 Å². The molecule has 112 valence electrons. The van der Waals surface area contributed by atoms with Crippen molar-refractivity contribution in [2.24, 2.45) is 0 Å². The predicted molar refractivity (Wildman–Crippen MR) is 80.2 cm³/mol. The highest BCUT2D eigenvalue weighted by molar-refractivity contribution is 7.89. The summed E-state index contributed by atoms with van der Waals surface area (Å²) < 4.78 is 26.5.